The van der Waals surface area contributed by atoms with Gasteiger partial charge >= 0.3 is 0 Å². The first-order chi connectivity index (χ1) is 8.54. The lowest BCUT2D eigenvalue weighted by Gasteiger charge is -2.22. The van der Waals surface area contributed by atoms with Gasteiger partial charge in [-0.05, 0) is 50.3 Å². The average Bonchev–Trinajstić information content (AvgIpc) is 2.37. The van der Waals surface area contributed by atoms with Gasteiger partial charge in [0.1, 0.15) is 0 Å². The summed E-state index contributed by atoms with van der Waals surface area (Å²) in [6.07, 6.45) is 6.85. The van der Waals surface area contributed by atoms with Crippen LogP contribution in [0.2, 0.25) is 0 Å². The lowest BCUT2D eigenvalue weighted by Crippen LogP contribution is -2.29. The van der Waals surface area contributed by atoms with E-state index in [9.17, 15) is 5.11 Å². The summed E-state index contributed by atoms with van der Waals surface area (Å²) in [5, 5.41) is 12.9. The fourth-order valence-corrected chi connectivity index (χ4v) is 2.63. The maximum absolute atomic E-state index is 9.67. The minimum absolute atomic E-state index is 0.579. The number of nitrogens with one attached hydrogen (secondary N) is 1. The zero-order chi connectivity index (χ0) is 13.0. The second-order valence-corrected chi connectivity index (χ2v) is 6.12. The van der Waals surface area contributed by atoms with Crippen LogP contribution in [-0.2, 0) is 0 Å². The molecule has 2 heteroatoms. The molecule has 0 unspecified atom stereocenters. The molecule has 1 aliphatic rings. The van der Waals surface area contributed by atoms with Gasteiger partial charge in [-0.15, -0.1) is 0 Å². The Hall–Kier alpha value is -1.02. The normalized spacial score (nSPS) is 17.7. The molecule has 0 amide bonds. The Morgan fingerprint density at radius 1 is 1.11 bits per heavy atom. The molecule has 0 radical (unpaired) electrons. The minimum Gasteiger partial charge on any atom is -0.389 e. The van der Waals surface area contributed by atoms with Crippen molar-refractivity contribution in [2.45, 2.75) is 57.5 Å². The Balaban J connectivity index is 1.92. The van der Waals surface area contributed by atoms with E-state index in [1.165, 1.54) is 37.7 Å². The molecule has 0 bridgehead atoms. The van der Waals surface area contributed by atoms with E-state index in [2.05, 4.69) is 29.6 Å². The molecule has 18 heavy (non-hydrogen) atoms. The summed E-state index contributed by atoms with van der Waals surface area (Å²) in [4.78, 5) is 0. The van der Waals surface area contributed by atoms with E-state index in [1.54, 1.807) is 0 Å². The van der Waals surface area contributed by atoms with Gasteiger partial charge < -0.3 is 10.4 Å². The Morgan fingerprint density at radius 2 is 1.72 bits per heavy atom. The molecule has 2 N–H and O–H groups in total. The Labute approximate surface area is 110 Å². The van der Waals surface area contributed by atoms with E-state index >= 15 is 0 Å². The molecule has 1 aromatic rings. The summed E-state index contributed by atoms with van der Waals surface area (Å²) in [6.45, 7) is 4.21. The van der Waals surface area contributed by atoms with Crippen LogP contribution in [0, 0.1) is 0 Å². The third-order valence-electron chi connectivity index (χ3n) is 3.71. The largest absolute Gasteiger partial charge is 0.389 e. The molecule has 0 spiro atoms. The Kier molecular flexibility index (Phi) is 4.28. The van der Waals surface area contributed by atoms with Crippen molar-refractivity contribution in [1.29, 1.82) is 0 Å². The van der Waals surface area contributed by atoms with Crippen LogP contribution in [0.4, 0.5) is 5.69 Å². The van der Waals surface area contributed by atoms with Gasteiger partial charge in [-0.2, -0.15) is 0 Å². The van der Waals surface area contributed by atoms with Crippen molar-refractivity contribution < 1.29 is 5.11 Å². The molecule has 2 nitrogen and oxygen atoms in total. The number of anilines is 1. The maximum atomic E-state index is 9.67. The van der Waals surface area contributed by atoms with Crippen LogP contribution >= 0.6 is 0 Å². The monoisotopic (exact) mass is 247 g/mol. The second kappa shape index (κ2) is 5.75. The highest BCUT2D eigenvalue weighted by Crippen LogP contribution is 2.32. The summed E-state index contributed by atoms with van der Waals surface area (Å²) < 4.78 is 0. The first-order valence-electron chi connectivity index (χ1n) is 7.11. The van der Waals surface area contributed by atoms with Gasteiger partial charge in [-0.3, -0.25) is 0 Å². The van der Waals surface area contributed by atoms with Gasteiger partial charge in [0, 0.05) is 12.2 Å². The van der Waals surface area contributed by atoms with Crippen molar-refractivity contribution >= 4 is 5.69 Å². The van der Waals surface area contributed by atoms with E-state index in [0.29, 0.717) is 6.54 Å². The van der Waals surface area contributed by atoms with Crippen molar-refractivity contribution in [3.8, 4) is 0 Å². The summed E-state index contributed by atoms with van der Waals surface area (Å²) in [7, 11) is 0. The molecule has 1 aliphatic carbocycles. The SMILES string of the molecule is CC(C)(O)CNc1ccc(C2CCCCC2)cc1. The fraction of sp³-hybridized carbons (Fsp3) is 0.625. The summed E-state index contributed by atoms with van der Waals surface area (Å²) in [5.41, 5.74) is 1.90. The number of aliphatic hydroxyl groups is 1. The standard InChI is InChI=1S/C16H25NO/c1-16(2,18)12-17-15-10-8-14(9-11-15)13-6-4-3-5-7-13/h8-11,13,17-18H,3-7,12H2,1-2H3. The number of benzene rings is 1. The third kappa shape index (κ3) is 4.02. The lowest BCUT2D eigenvalue weighted by atomic mass is 9.84. The van der Waals surface area contributed by atoms with Gasteiger partial charge in [-0.1, -0.05) is 31.4 Å². The Morgan fingerprint density at radius 3 is 2.28 bits per heavy atom. The van der Waals surface area contributed by atoms with Gasteiger partial charge in [0.05, 0.1) is 5.60 Å². The average molecular weight is 247 g/mol. The molecule has 1 fully saturated rings. The van der Waals surface area contributed by atoms with Crippen LogP contribution in [0.25, 0.3) is 0 Å². The molecular weight excluding hydrogens is 222 g/mol. The summed E-state index contributed by atoms with van der Waals surface area (Å²) in [5.74, 6) is 0.766. The topological polar surface area (TPSA) is 32.3 Å². The first-order valence-corrected chi connectivity index (χ1v) is 7.11. The van der Waals surface area contributed by atoms with Crippen LogP contribution in [0.3, 0.4) is 0 Å². The molecule has 1 aromatic carbocycles. The molecular formula is C16H25NO. The first kappa shape index (κ1) is 13.4. The van der Waals surface area contributed by atoms with Gasteiger partial charge in [0.15, 0.2) is 0 Å². The molecule has 1 saturated carbocycles. The van der Waals surface area contributed by atoms with Crippen LogP contribution in [0.15, 0.2) is 24.3 Å². The van der Waals surface area contributed by atoms with Crippen molar-refractivity contribution in [3.05, 3.63) is 29.8 Å². The van der Waals surface area contributed by atoms with Crippen molar-refractivity contribution in [3.63, 3.8) is 0 Å². The molecule has 100 valence electrons. The van der Waals surface area contributed by atoms with Crippen LogP contribution < -0.4 is 5.32 Å². The fourth-order valence-electron chi connectivity index (χ4n) is 2.63. The van der Waals surface area contributed by atoms with Crippen molar-refractivity contribution in [2.24, 2.45) is 0 Å². The molecule has 0 aromatic heterocycles. The van der Waals surface area contributed by atoms with Crippen molar-refractivity contribution in [2.75, 3.05) is 11.9 Å². The Bertz CT molecular complexity index is 358. The van der Waals surface area contributed by atoms with E-state index in [0.717, 1.165) is 11.6 Å². The summed E-state index contributed by atoms with van der Waals surface area (Å²) in [6, 6.07) is 8.75. The lowest BCUT2D eigenvalue weighted by molar-refractivity contribution is 0.0945. The van der Waals surface area contributed by atoms with Crippen LogP contribution in [0.5, 0.6) is 0 Å². The molecule has 0 atom stereocenters. The third-order valence-corrected chi connectivity index (χ3v) is 3.71. The smallest absolute Gasteiger partial charge is 0.0763 e. The highest BCUT2D eigenvalue weighted by atomic mass is 16.3. The number of rotatable bonds is 4. The highest BCUT2D eigenvalue weighted by Gasteiger charge is 2.15. The van der Waals surface area contributed by atoms with Crippen LogP contribution in [0.1, 0.15) is 57.4 Å². The zero-order valence-corrected chi connectivity index (χ0v) is 11.6. The quantitative estimate of drug-likeness (QED) is 0.845. The molecule has 0 heterocycles. The maximum Gasteiger partial charge on any atom is 0.0763 e. The van der Waals surface area contributed by atoms with Gasteiger partial charge in [-0.25, -0.2) is 0 Å². The van der Waals surface area contributed by atoms with E-state index in [-0.39, 0.29) is 0 Å². The van der Waals surface area contributed by atoms with E-state index < -0.39 is 5.60 Å². The predicted octanol–water partition coefficient (Wildman–Crippen LogP) is 3.92. The second-order valence-electron chi connectivity index (χ2n) is 6.12. The highest BCUT2D eigenvalue weighted by molar-refractivity contribution is 5.45. The summed E-state index contributed by atoms with van der Waals surface area (Å²) >= 11 is 0. The van der Waals surface area contributed by atoms with Gasteiger partial charge in [0.25, 0.3) is 0 Å². The van der Waals surface area contributed by atoms with Crippen LogP contribution in [-0.4, -0.2) is 17.3 Å². The predicted molar refractivity (Wildman–Crippen MR) is 77.1 cm³/mol. The number of hydrogen-bond acceptors (Lipinski definition) is 2. The molecule has 0 saturated heterocycles. The number of hydrogen-bond donors (Lipinski definition) is 2. The molecule has 2 rings (SSSR count). The zero-order valence-electron chi connectivity index (χ0n) is 11.6. The van der Waals surface area contributed by atoms with E-state index in [4.69, 9.17) is 0 Å². The van der Waals surface area contributed by atoms with Crippen molar-refractivity contribution in [1.82, 2.24) is 0 Å². The van der Waals surface area contributed by atoms with E-state index in [1.807, 2.05) is 13.8 Å². The minimum atomic E-state index is -0.665. The molecule has 0 aliphatic heterocycles. The van der Waals surface area contributed by atoms with Gasteiger partial charge in [0.2, 0.25) is 0 Å².